The number of aryl methyl sites for hydroxylation is 4. The number of fused-ring (bicyclic) bond motifs is 5. The third-order valence-corrected chi connectivity index (χ3v) is 5.15. The van der Waals surface area contributed by atoms with Crippen LogP contribution in [0.25, 0.3) is 32.4 Å². The molecule has 0 saturated heterocycles. The maximum atomic E-state index is 5.49. The molecular formula is C22H22ClNO. The fraction of sp³-hybridized carbons (Fsp3) is 0.227. The molecule has 3 aromatic carbocycles. The lowest BCUT2D eigenvalue weighted by Crippen LogP contribution is -3.00. The minimum Gasteiger partial charge on any atom is -1.00 e. The van der Waals surface area contributed by atoms with Crippen molar-refractivity contribution in [2.45, 2.75) is 20.8 Å². The number of benzene rings is 3. The van der Waals surface area contributed by atoms with E-state index >= 15 is 0 Å². The second-order valence-electron chi connectivity index (χ2n) is 6.77. The fourth-order valence-corrected chi connectivity index (χ4v) is 3.71. The largest absolute Gasteiger partial charge is 1.00 e. The highest BCUT2D eigenvalue weighted by Gasteiger charge is 2.16. The van der Waals surface area contributed by atoms with Gasteiger partial charge < -0.3 is 17.1 Å². The lowest BCUT2D eigenvalue weighted by molar-refractivity contribution is -0.642. The summed E-state index contributed by atoms with van der Waals surface area (Å²) in [6.45, 7) is 6.46. The molecule has 4 aromatic rings. The van der Waals surface area contributed by atoms with Crippen LogP contribution in [0.3, 0.4) is 0 Å². The van der Waals surface area contributed by atoms with Crippen LogP contribution in [0.2, 0.25) is 0 Å². The third-order valence-electron chi connectivity index (χ3n) is 5.15. The fourth-order valence-electron chi connectivity index (χ4n) is 3.71. The van der Waals surface area contributed by atoms with E-state index in [9.17, 15) is 0 Å². The summed E-state index contributed by atoms with van der Waals surface area (Å²) in [7, 11) is 3.86. The molecule has 0 N–H and O–H groups in total. The quantitative estimate of drug-likeness (QED) is 0.377. The van der Waals surface area contributed by atoms with Crippen LogP contribution >= 0.6 is 0 Å². The van der Waals surface area contributed by atoms with Crippen molar-refractivity contribution in [3.63, 3.8) is 0 Å². The number of aromatic nitrogens is 1. The van der Waals surface area contributed by atoms with Crippen molar-refractivity contribution in [3.8, 4) is 5.75 Å². The molecule has 1 aromatic heterocycles. The number of hydrogen-bond donors (Lipinski definition) is 0. The average Bonchev–Trinajstić information content (AvgIpc) is 2.55. The summed E-state index contributed by atoms with van der Waals surface area (Å²) in [6.07, 6.45) is 2.24. The smallest absolute Gasteiger partial charge is 0.220 e. The van der Waals surface area contributed by atoms with Gasteiger partial charge in [0.05, 0.1) is 17.9 Å². The Balaban J connectivity index is 0.00000182. The summed E-state index contributed by atoms with van der Waals surface area (Å²) in [5, 5.41) is 6.39. The molecule has 25 heavy (non-hydrogen) atoms. The first-order valence-electron chi connectivity index (χ1n) is 8.30. The van der Waals surface area contributed by atoms with Gasteiger partial charge in [-0.2, -0.15) is 4.57 Å². The van der Waals surface area contributed by atoms with Crippen molar-refractivity contribution < 1.29 is 21.7 Å². The Kier molecular flexibility index (Phi) is 4.34. The van der Waals surface area contributed by atoms with E-state index in [2.05, 4.69) is 75.0 Å². The van der Waals surface area contributed by atoms with Crippen LogP contribution in [0.4, 0.5) is 0 Å². The van der Waals surface area contributed by atoms with E-state index in [1.54, 1.807) is 7.11 Å². The SMILES string of the molecule is COc1cc2ccc3c4cc(C)c(C)cc4c[n+](C)c3c2cc1C.[Cl-]. The minimum absolute atomic E-state index is 0. The van der Waals surface area contributed by atoms with Crippen LogP contribution in [-0.2, 0) is 7.05 Å². The minimum atomic E-state index is 0. The maximum Gasteiger partial charge on any atom is 0.220 e. The first kappa shape index (κ1) is 17.5. The van der Waals surface area contributed by atoms with Crippen LogP contribution < -0.4 is 21.7 Å². The molecule has 4 rings (SSSR count). The zero-order valence-corrected chi connectivity index (χ0v) is 16.0. The van der Waals surface area contributed by atoms with Crippen molar-refractivity contribution in [3.05, 3.63) is 59.3 Å². The Bertz CT molecular complexity index is 1130. The Morgan fingerprint density at radius 2 is 1.44 bits per heavy atom. The second-order valence-corrected chi connectivity index (χ2v) is 6.77. The molecule has 128 valence electrons. The van der Waals surface area contributed by atoms with Gasteiger partial charge >= 0.3 is 0 Å². The van der Waals surface area contributed by atoms with E-state index in [1.807, 2.05) is 0 Å². The maximum absolute atomic E-state index is 5.49. The number of halogens is 1. The standard InChI is InChI=1S/C22H22NO.ClH/c1-13-8-17-12-23(4)22-18(19(17)9-14(13)2)7-6-16-11-21(24-5)15(3)10-20(16)22;/h6-12H,1-5H3;1H/q+1;/p-1. The summed E-state index contributed by atoms with van der Waals surface area (Å²) < 4.78 is 7.74. The van der Waals surface area contributed by atoms with Crippen molar-refractivity contribution >= 4 is 32.4 Å². The summed E-state index contributed by atoms with van der Waals surface area (Å²) in [6, 6.07) is 13.4. The van der Waals surface area contributed by atoms with Crippen molar-refractivity contribution in [2.24, 2.45) is 7.05 Å². The second kappa shape index (κ2) is 6.20. The van der Waals surface area contributed by atoms with E-state index in [1.165, 1.54) is 43.6 Å². The summed E-state index contributed by atoms with van der Waals surface area (Å²) in [4.78, 5) is 0. The van der Waals surface area contributed by atoms with E-state index < -0.39 is 0 Å². The first-order chi connectivity index (χ1) is 11.5. The number of rotatable bonds is 1. The van der Waals surface area contributed by atoms with E-state index in [0.29, 0.717) is 0 Å². The van der Waals surface area contributed by atoms with Gasteiger partial charge in [0.15, 0.2) is 6.20 Å². The van der Waals surface area contributed by atoms with E-state index in [0.717, 1.165) is 11.3 Å². The molecule has 0 radical (unpaired) electrons. The Morgan fingerprint density at radius 1 is 0.760 bits per heavy atom. The van der Waals surface area contributed by atoms with Crippen LogP contribution in [0.5, 0.6) is 5.75 Å². The number of pyridine rings is 1. The molecule has 3 heteroatoms. The molecular weight excluding hydrogens is 330 g/mol. The molecule has 0 fully saturated rings. The molecule has 0 unspecified atom stereocenters. The van der Waals surface area contributed by atoms with Gasteiger partial charge in [0.1, 0.15) is 12.8 Å². The Hall–Kier alpha value is -2.32. The molecule has 2 nitrogen and oxygen atoms in total. The van der Waals surface area contributed by atoms with Crippen molar-refractivity contribution in [2.75, 3.05) is 7.11 Å². The van der Waals surface area contributed by atoms with Crippen LogP contribution in [0, 0.1) is 20.8 Å². The summed E-state index contributed by atoms with van der Waals surface area (Å²) >= 11 is 0. The van der Waals surface area contributed by atoms with Gasteiger partial charge in [-0.25, -0.2) is 0 Å². The van der Waals surface area contributed by atoms with Crippen LogP contribution in [0.1, 0.15) is 16.7 Å². The van der Waals surface area contributed by atoms with Crippen LogP contribution in [-0.4, -0.2) is 7.11 Å². The number of nitrogens with zero attached hydrogens (tertiary/aromatic N) is 1. The highest BCUT2D eigenvalue weighted by molar-refractivity contribution is 6.13. The lowest BCUT2D eigenvalue weighted by Gasteiger charge is -2.10. The Labute approximate surface area is 154 Å². The normalized spacial score (nSPS) is 11.1. The highest BCUT2D eigenvalue weighted by Crippen LogP contribution is 2.33. The molecule has 0 aliphatic rings. The molecule has 0 aliphatic heterocycles. The molecule has 0 aliphatic carbocycles. The third kappa shape index (κ3) is 2.61. The van der Waals surface area contributed by atoms with Gasteiger partial charge in [0, 0.05) is 10.8 Å². The van der Waals surface area contributed by atoms with Gasteiger partial charge in [-0.15, -0.1) is 0 Å². The summed E-state index contributed by atoms with van der Waals surface area (Å²) in [5.41, 5.74) is 5.11. The molecule has 0 saturated carbocycles. The van der Waals surface area contributed by atoms with Crippen molar-refractivity contribution in [1.29, 1.82) is 0 Å². The topological polar surface area (TPSA) is 13.1 Å². The highest BCUT2D eigenvalue weighted by atomic mass is 35.5. The van der Waals surface area contributed by atoms with Gasteiger partial charge in [-0.05, 0) is 67.1 Å². The molecule has 1 heterocycles. The van der Waals surface area contributed by atoms with Crippen molar-refractivity contribution in [1.82, 2.24) is 0 Å². The van der Waals surface area contributed by atoms with E-state index in [4.69, 9.17) is 4.74 Å². The molecule has 0 spiro atoms. The lowest BCUT2D eigenvalue weighted by atomic mass is 9.97. The zero-order valence-electron chi connectivity index (χ0n) is 15.3. The predicted molar refractivity (Wildman–Crippen MR) is 101 cm³/mol. The Morgan fingerprint density at radius 3 is 2.16 bits per heavy atom. The molecule has 0 amide bonds. The number of ether oxygens (including phenoxy) is 1. The zero-order chi connectivity index (χ0) is 17.0. The van der Waals surface area contributed by atoms with E-state index in [-0.39, 0.29) is 12.4 Å². The number of methoxy groups -OCH3 is 1. The van der Waals surface area contributed by atoms with Gasteiger partial charge in [-0.1, -0.05) is 12.1 Å². The average molecular weight is 352 g/mol. The number of hydrogen-bond acceptors (Lipinski definition) is 1. The van der Waals surface area contributed by atoms with Gasteiger partial charge in [-0.3, -0.25) is 0 Å². The van der Waals surface area contributed by atoms with Gasteiger partial charge in [0.25, 0.3) is 0 Å². The molecule has 0 bridgehead atoms. The predicted octanol–water partition coefficient (Wildman–Crippen LogP) is 1.91. The molecule has 0 atom stereocenters. The monoisotopic (exact) mass is 351 g/mol. The first-order valence-corrected chi connectivity index (χ1v) is 8.30. The van der Waals surface area contributed by atoms with Gasteiger partial charge in [0.2, 0.25) is 5.52 Å². The summed E-state index contributed by atoms with van der Waals surface area (Å²) in [5.74, 6) is 0.941. The van der Waals surface area contributed by atoms with Crippen LogP contribution in [0.15, 0.2) is 42.6 Å².